The van der Waals surface area contributed by atoms with Gasteiger partial charge in [0.05, 0.1) is 18.7 Å². The minimum Gasteiger partial charge on any atom is -0.378 e. The number of rotatable bonds is 5. The molecule has 0 atom stereocenters. The Morgan fingerprint density at radius 3 is 2.96 bits per heavy atom. The number of hydrogen-bond donors (Lipinski definition) is 1. The summed E-state index contributed by atoms with van der Waals surface area (Å²) in [4.78, 5) is 13.8. The van der Waals surface area contributed by atoms with Gasteiger partial charge >= 0.3 is 0 Å². The van der Waals surface area contributed by atoms with Crippen molar-refractivity contribution in [2.45, 2.75) is 26.1 Å². The van der Waals surface area contributed by atoms with Gasteiger partial charge in [-0.2, -0.15) is 5.10 Å². The molecule has 1 amide bonds. The van der Waals surface area contributed by atoms with E-state index in [0.29, 0.717) is 17.8 Å². The molecule has 0 unspecified atom stereocenters. The summed E-state index contributed by atoms with van der Waals surface area (Å²) in [6.07, 6.45) is 2.79. The molecule has 1 aliphatic rings. The number of aromatic nitrogens is 2. The summed E-state index contributed by atoms with van der Waals surface area (Å²) in [5.41, 5.74) is 10.4. The molecule has 3 rings (SSSR count). The van der Waals surface area contributed by atoms with Crippen LogP contribution in [-0.2, 0) is 30.9 Å². The molecule has 2 heterocycles. The Morgan fingerprint density at radius 1 is 1.39 bits per heavy atom. The average Bonchev–Trinajstić information content (AvgIpc) is 2.90. The van der Waals surface area contributed by atoms with E-state index < -0.39 is 5.91 Å². The lowest BCUT2D eigenvalue weighted by Gasteiger charge is -2.25. The fourth-order valence-corrected chi connectivity index (χ4v) is 3.03. The molecule has 6 heteroatoms. The van der Waals surface area contributed by atoms with Crippen LogP contribution < -0.4 is 5.73 Å². The first-order chi connectivity index (χ1) is 11.1. The molecule has 0 saturated heterocycles. The van der Waals surface area contributed by atoms with Gasteiger partial charge in [0.25, 0.3) is 5.91 Å². The smallest absolute Gasteiger partial charge is 0.252 e. The van der Waals surface area contributed by atoms with Gasteiger partial charge in [-0.1, -0.05) is 18.2 Å². The number of benzene rings is 1. The third-order valence-electron chi connectivity index (χ3n) is 4.20. The molecule has 0 radical (unpaired) electrons. The molecule has 0 aliphatic carbocycles. The second-order valence-electron chi connectivity index (χ2n) is 6.08. The van der Waals surface area contributed by atoms with Crippen molar-refractivity contribution in [2.75, 3.05) is 20.7 Å². The van der Waals surface area contributed by atoms with Gasteiger partial charge < -0.3 is 15.4 Å². The summed E-state index contributed by atoms with van der Waals surface area (Å²) < 4.78 is 6.83. The van der Waals surface area contributed by atoms with E-state index in [2.05, 4.69) is 35.2 Å². The maximum Gasteiger partial charge on any atom is 0.252 e. The van der Waals surface area contributed by atoms with E-state index in [0.717, 1.165) is 19.5 Å². The summed E-state index contributed by atoms with van der Waals surface area (Å²) in [7, 11) is 3.71. The average molecular weight is 314 g/mol. The summed E-state index contributed by atoms with van der Waals surface area (Å²) in [6.45, 7) is 2.97. The molecule has 1 aliphatic heterocycles. The Hall–Kier alpha value is -2.18. The van der Waals surface area contributed by atoms with Crippen LogP contribution in [0.25, 0.3) is 0 Å². The number of carbonyl (C=O) groups excluding carboxylic acids is 1. The van der Waals surface area contributed by atoms with Gasteiger partial charge in [-0.05, 0) is 30.2 Å². The molecule has 23 heavy (non-hydrogen) atoms. The molecular formula is C17H22N4O2. The van der Waals surface area contributed by atoms with Crippen molar-refractivity contribution in [1.29, 1.82) is 0 Å². The lowest BCUT2D eigenvalue weighted by Crippen LogP contribution is -2.26. The number of methoxy groups -OCH3 is 1. The normalized spacial score (nSPS) is 14.7. The fraction of sp³-hybridized carbons (Fsp3) is 0.412. The van der Waals surface area contributed by atoms with Crippen molar-refractivity contribution in [1.82, 2.24) is 14.7 Å². The van der Waals surface area contributed by atoms with Crippen LogP contribution in [0.1, 0.15) is 32.7 Å². The molecule has 2 aromatic rings. The Bertz CT molecular complexity index is 723. The third-order valence-corrected chi connectivity index (χ3v) is 4.20. The Morgan fingerprint density at radius 2 is 2.22 bits per heavy atom. The summed E-state index contributed by atoms with van der Waals surface area (Å²) >= 11 is 0. The van der Waals surface area contributed by atoms with Crippen LogP contribution in [0.5, 0.6) is 0 Å². The van der Waals surface area contributed by atoms with E-state index in [-0.39, 0.29) is 6.61 Å². The van der Waals surface area contributed by atoms with Crippen LogP contribution in [0.2, 0.25) is 0 Å². The molecule has 2 N–H and O–H groups in total. The first-order valence-electron chi connectivity index (χ1n) is 7.71. The maximum absolute atomic E-state index is 11.5. The summed E-state index contributed by atoms with van der Waals surface area (Å²) in [5, 5.41) is 4.42. The monoisotopic (exact) mass is 314 g/mol. The van der Waals surface area contributed by atoms with Gasteiger partial charge in [-0.3, -0.25) is 9.48 Å². The highest BCUT2D eigenvalue weighted by Gasteiger charge is 2.16. The molecule has 0 spiro atoms. The van der Waals surface area contributed by atoms with Crippen LogP contribution in [-0.4, -0.2) is 41.3 Å². The van der Waals surface area contributed by atoms with Crippen LogP contribution in [0.4, 0.5) is 0 Å². The number of primary amides is 1. The second-order valence-corrected chi connectivity index (χ2v) is 6.08. The van der Waals surface area contributed by atoms with Crippen LogP contribution >= 0.6 is 0 Å². The van der Waals surface area contributed by atoms with E-state index in [1.165, 1.54) is 16.7 Å². The third kappa shape index (κ3) is 3.43. The van der Waals surface area contributed by atoms with Gasteiger partial charge in [0.15, 0.2) is 0 Å². The SMILES string of the molecule is COCc1nn(Cc2ccc3c(c2)CN(C)CC3)cc1C(N)=O. The van der Waals surface area contributed by atoms with Crippen molar-refractivity contribution in [3.05, 3.63) is 52.3 Å². The summed E-state index contributed by atoms with van der Waals surface area (Å²) in [5.74, 6) is -0.477. The number of likely N-dealkylation sites (N-methyl/N-ethyl adjacent to an activating group) is 1. The fourth-order valence-electron chi connectivity index (χ4n) is 3.03. The minimum absolute atomic E-state index is 0.278. The number of ether oxygens (including phenoxy) is 1. The van der Waals surface area contributed by atoms with Gasteiger partial charge in [-0.15, -0.1) is 0 Å². The zero-order valence-corrected chi connectivity index (χ0v) is 13.6. The summed E-state index contributed by atoms with van der Waals surface area (Å²) in [6, 6.07) is 6.56. The Balaban J connectivity index is 1.83. The highest BCUT2D eigenvalue weighted by Crippen LogP contribution is 2.20. The number of nitrogens with two attached hydrogens (primary N) is 1. The first-order valence-corrected chi connectivity index (χ1v) is 7.71. The van der Waals surface area contributed by atoms with Crippen molar-refractivity contribution in [3.8, 4) is 0 Å². The molecule has 1 aromatic heterocycles. The first kappa shape index (κ1) is 15.7. The number of amides is 1. The van der Waals surface area contributed by atoms with Gasteiger partial charge in [-0.25, -0.2) is 0 Å². The molecule has 1 aromatic carbocycles. The van der Waals surface area contributed by atoms with Gasteiger partial charge in [0.1, 0.15) is 5.69 Å². The number of hydrogen-bond acceptors (Lipinski definition) is 4. The lowest BCUT2D eigenvalue weighted by atomic mass is 9.98. The van der Waals surface area contributed by atoms with E-state index in [1.54, 1.807) is 18.0 Å². The zero-order valence-electron chi connectivity index (χ0n) is 13.6. The molecule has 0 bridgehead atoms. The standard InChI is InChI=1S/C17H22N4O2/c1-20-6-5-13-4-3-12(7-14(13)9-20)8-21-10-15(17(18)22)16(19-21)11-23-2/h3-4,7,10H,5-6,8-9,11H2,1-2H3,(H2,18,22). The molecular weight excluding hydrogens is 292 g/mol. The number of fused-ring (bicyclic) bond motifs is 1. The van der Waals surface area contributed by atoms with Gasteiger partial charge in [0.2, 0.25) is 0 Å². The van der Waals surface area contributed by atoms with Crippen LogP contribution in [0.3, 0.4) is 0 Å². The maximum atomic E-state index is 11.5. The lowest BCUT2D eigenvalue weighted by molar-refractivity contribution is 0.0995. The molecule has 0 saturated carbocycles. The van der Waals surface area contributed by atoms with Crippen molar-refractivity contribution in [2.24, 2.45) is 5.73 Å². The number of carbonyl (C=O) groups is 1. The minimum atomic E-state index is -0.477. The van der Waals surface area contributed by atoms with E-state index in [9.17, 15) is 4.79 Å². The van der Waals surface area contributed by atoms with Crippen molar-refractivity contribution in [3.63, 3.8) is 0 Å². The van der Waals surface area contributed by atoms with Gasteiger partial charge in [0, 0.05) is 26.4 Å². The predicted molar refractivity (Wildman–Crippen MR) is 87.0 cm³/mol. The van der Waals surface area contributed by atoms with Crippen LogP contribution in [0, 0.1) is 0 Å². The highest BCUT2D eigenvalue weighted by atomic mass is 16.5. The van der Waals surface area contributed by atoms with E-state index in [4.69, 9.17) is 10.5 Å². The zero-order chi connectivity index (χ0) is 16.4. The Kier molecular flexibility index (Phi) is 4.45. The second kappa shape index (κ2) is 6.52. The molecule has 6 nitrogen and oxygen atoms in total. The molecule has 0 fully saturated rings. The largest absolute Gasteiger partial charge is 0.378 e. The van der Waals surface area contributed by atoms with Crippen molar-refractivity contribution < 1.29 is 9.53 Å². The van der Waals surface area contributed by atoms with E-state index in [1.807, 2.05) is 0 Å². The van der Waals surface area contributed by atoms with E-state index >= 15 is 0 Å². The molecule has 122 valence electrons. The van der Waals surface area contributed by atoms with Crippen LogP contribution in [0.15, 0.2) is 24.4 Å². The van der Waals surface area contributed by atoms with Crippen molar-refractivity contribution >= 4 is 5.91 Å². The topological polar surface area (TPSA) is 73.4 Å². The quantitative estimate of drug-likeness (QED) is 0.899. The highest BCUT2D eigenvalue weighted by molar-refractivity contribution is 5.93. The predicted octanol–water partition coefficient (Wildman–Crippen LogP) is 1.16. The Labute approximate surface area is 135 Å². The number of nitrogens with zero attached hydrogens (tertiary/aromatic N) is 3.